The molecule has 0 aromatic heterocycles. The van der Waals surface area contributed by atoms with Crippen molar-refractivity contribution in [2.24, 2.45) is 5.92 Å². The lowest BCUT2D eigenvalue weighted by molar-refractivity contribution is -0.118. The second kappa shape index (κ2) is 8.39. The Hall–Kier alpha value is -2.29. The highest BCUT2D eigenvalue weighted by molar-refractivity contribution is 7.91. The van der Waals surface area contributed by atoms with Gasteiger partial charge in [-0.25, -0.2) is 13.2 Å². The van der Waals surface area contributed by atoms with Gasteiger partial charge in [0.2, 0.25) is 5.91 Å². The van der Waals surface area contributed by atoms with Crippen LogP contribution in [0.15, 0.2) is 24.3 Å². The second-order valence-electron chi connectivity index (χ2n) is 6.63. The topological polar surface area (TPSA) is 114 Å². The van der Waals surface area contributed by atoms with E-state index in [0.717, 1.165) is 0 Å². The Kier molecular flexibility index (Phi) is 6.47. The van der Waals surface area contributed by atoms with Gasteiger partial charge in [0.25, 0.3) is 0 Å². The molecule has 2 atom stereocenters. The van der Waals surface area contributed by atoms with Gasteiger partial charge in [0.15, 0.2) is 9.84 Å². The van der Waals surface area contributed by atoms with E-state index in [2.05, 4.69) is 16.0 Å². The third-order valence-corrected chi connectivity index (χ3v) is 5.94. The molecule has 3 amide bonds. The zero-order chi connectivity index (χ0) is 19.3. The Morgan fingerprint density at radius 1 is 1.23 bits per heavy atom. The zero-order valence-electron chi connectivity index (χ0n) is 15.1. The van der Waals surface area contributed by atoms with Crippen molar-refractivity contribution in [2.75, 3.05) is 23.9 Å². The van der Waals surface area contributed by atoms with Gasteiger partial charge < -0.3 is 20.7 Å². The molecule has 2 rings (SSSR count). The fourth-order valence-corrected chi connectivity index (χ4v) is 4.44. The van der Waals surface area contributed by atoms with Crippen molar-refractivity contribution in [1.82, 2.24) is 10.6 Å². The summed E-state index contributed by atoms with van der Waals surface area (Å²) in [5.41, 5.74) is 0.509. The van der Waals surface area contributed by atoms with Crippen LogP contribution < -0.4 is 20.7 Å². The lowest BCUT2D eigenvalue weighted by Gasteiger charge is -2.23. The molecule has 0 radical (unpaired) electrons. The number of amides is 3. The predicted molar refractivity (Wildman–Crippen MR) is 99.0 cm³/mol. The van der Waals surface area contributed by atoms with Crippen molar-refractivity contribution >= 4 is 27.5 Å². The molecule has 26 heavy (non-hydrogen) atoms. The highest BCUT2D eigenvalue weighted by Gasteiger charge is 2.31. The van der Waals surface area contributed by atoms with Crippen LogP contribution in [0, 0.1) is 5.92 Å². The summed E-state index contributed by atoms with van der Waals surface area (Å²) < 4.78 is 28.2. The monoisotopic (exact) mass is 383 g/mol. The van der Waals surface area contributed by atoms with Crippen molar-refractivity contribution in [3.05, 3.63) is 24.3 Å². The number of carbonyl (C=O) groups excluding carboxylic acids is 2. The van der Waals surface area contributed by atoms with Crippen LogP contribution in [0.5, 0.6) is 5.75 Å². The van der Waals surface area contributed by atoms with Gasteiger partial charge in [0.1, 0.15) is 11.8 Å². The number of carbonyl (C=O) groups is 2. The van der Waals surface area contributed by atoms with E-state index in [1.54, 1.807) is 24.3 Å². The first-order valence-corrected chi connectivity index (χ1v) is 10.3. The molecule has 8 nitrogen and oxygen atoms in total. The first kappa shape index (κ1) is 20.0. The van der Waals surface area contributed by atoms with Crippen molar-refractivity contribution in [2.45, 2.75) is 32.4 Å². The molecule has 144 valence electrons. The number of sulfone groups is 1. The van der Waals surface area contributed by atoms with Crippen molar-refractivity contribution in [1.29, 1.82) is 0 Å². The van der Waals surface area contributed by atoms with Crippen LogP contribution in [-0.4, -0.2) is 51.1 Å². The van der Waals surface area contributed by atoms with E-state index in [9.17, 15) is 18.0 Å². The SMILES string of the molecule is COc1ccccc1NC(=O)[C@@H](NC(=O)NC1CCS(=O)(=O)C1)C(C)C. The van der Waals surface area contributed by atoms with Gasteiger partial charge in [0.05, 0.1) is 24.3 Å². The van der Waals surface area contributed by atoms with Crippen LogP contribution in [0.4, 0.5) is 10.5 Å². The molecular formula is C17H25N3O5S. The summed E-state index contributed by atoms with van der Waals surface area (Å²) in [6.45, 7) is 3.62. The Morgan fingerprint density at radius 3 is 2.50 bits per heavy atom. The zero-order valence-corrected chi connectivity index (χ0v) is 15.9. The van der Waals surface area contributed by atoms with E-state index in [1.807, 2.05) is 13.8 Å². The largest absolute Gasteiger partial charge is 0.495 e. The second-order valence-corrected chi connectivity index (χ2v) is 8.86. The number of methoxy groups -OCH3 is 1. The van der Waals surface area contributed by atoms with E-state index >= 15 is 0 Å². The summed E-state index contributed by atoms with van der Waals surface area (Å²) in [6, 6.07) is 5.22. The molecule has 0 spiro atoms. The van der Waals surface area contributed by atoms with E-state index in [1.165, 1.54) is 7.11 Å². The Labute approximate surface area is 153 Å². The van der Waals surface area contributed by atoms with Crippen molar-refractivity contribution < 1.29 is 22.7 Å². The number of ether oxygens (including phenoxy) is 1. The average molecular weight is 383 g/mol. The van der Waals surface area contributed by atoms with Crippen LogP contribution in [-0.2, 0) is 14.6 Å². The van der Waals surface area contributed by atoms with E-state index < -0.39 is 28.0 Å². The predicted octanol–water partition coefficient (Wildman–Crippen LogP) is 1.14. The molecule has 1 fully saturated rings. The molecule has 3 N–H and O–H groups in total. The summed E-state index contributed by atoms with van der Waals surface area (Å²) in [5, 5.41) is 8.01. The highest BCUT2D eigenvalue weighted by Crippen LogP contribution is 2.23. The number of rotatable bonds is 6. The van der Waals surface area contributed by atoms with E-state index in [0.29, 0.717) is 17.9 Å². The van der Waals surface area contributed by atoms with Crippen molar-refractivity contribution in [3.8, 4) is 5.75 Å². The molecule has 0 aliphatic carbocycles. The molecule has 1 unspecified atom stereocenters. The van der Waals surface area contributed by atoms with Crippen LogP contribution in [0.3, 0.4) is 0 Å². The van der Waals surface area contributed by atoms with Crippen molar-refractivity contribution in [3.63, 3.8) is 0 Å². The quantitative estimate of drug-likeness (QED) is 0.682. The molecule has 1 aromatic rings. The number of hydrogen-bond donors (Lipinski definition) is 3. The van der Waals surface area contributed by atoms with Gasteiger partial charge in [-0.05, 0) is 24.5 Å². The Morgan fingerprint density at radius 2 is 1.92 bits per heavy atom. The van der Waals surface area contributed by atoms with Gasteiger partial charge in [-0.15, -0.1) is 0 Å². The fraction of sp³-hybridized carbons (Fsp3) is 0.529. The summed E-state index contributed by atoms with van der Waals surface area (Å²) in [4.78, 5) is 24.8. The molecule has 0 saturated carbocycles. The number of hydrogen-bond acceptors (Lipinski definition) is 5. The summed E-state index contributed by atoms with van der Waals surface area (Å²) >= 11 is 0. The fourth-order valence-electron chi connectivity index (χ4n) is 2.77. The molecule has 1 heterocycles. The molecule has 1 aliphatic heterocycles. The van der Waals surface area contributed by atoms with Gasteiger partial charge in [-0.2, -0.15) is 0 Å². The Balaban J connectivity index is 1.99. The van der Waals surface area contributed by atoms with Crippen LogP contribution in [0.1, 0.15) is 20.3 Å². The van der Waals surface area contributed by atoms with Gasteiger partial charge >= 0.3 is 6.03 Å². The smallest absolute Gasteiger partial charge is 0.315 e. The molecule has 1 aromatic carbocycles. The summed E-state index contributed by atoms with van der Waals surface area (Å²) in [7, 11) is -1.58. The summed E-state index contributed by atoms with van der Waals surface area (Å²) in [6.07, 6.45) is 0.384. The maximum absolute atomic E-state index is 12.6. The maximum Gasteiger partial charge on any atom is 0.315 e. The molecule has 1 saturated heterocycles. The normalized spacial score (nSPS) is 19.6. The average Bonchev–Trinajstić information content (AvgIpc) is 2.91. The number of benzene rings is 1. The Bertz CT molecular complexity index is 763. The first-order chi connectivity index (χ1) is 12.2. The molecule has 1 aliphatic rings. The van der Waals surface area contributed by atoms with Crippen LogP contribution >= 0.6 is 0 Å². The van der Waals surface area contributed by atoms with Gasteiger partial charge in [-0.3, -0.25) is 4.79 Å². The number of urea groups is 1. The first-order valence-electron chi connectivity index (χ1n) is 8.43. The van der Waals surface area contributed by atoms with Crippen LogP contribution in [0.2, 0.25) is 0 Å². The van der Waals surface area contributed by atoms with Crippen LogP contribution in [0.25, 0.3) is 0 Å². The number of nitrogens with one attached hydrogen (secondary N) is 3. The molecular weight excluding hydrogens is 358 g/mol. The highest BCUT2D eigenvalue weighted by atomic mass is 32.2. The number of anilines is 1. The lowest BCUT2D eigenvalue weighted by Crippen LogP contribution is -2.52. The van der Waals surface area contributed by atoms with Gasteiger partial charge in [-0.1, -0.05) is 26.0 Å². The van der Waals surface area contributed by atoms with E-state index in [-0.39, 0.29) is 23.3 Å². The standard InChI is InChI=1S/C17H25N3O5S/c1-11(2)15(16(21)19-13-6-4-5-7-14(13)25-3)20-17(22)18-12-8-9-26(23,24)10-12/h4-7,11-12,15H,8-10H2,1-3H3,(H,19,21)(H2,18,20,22)/t12?,15-/m0/s1. The van der Waals surface area contributed by atoms with Gasteiger partial charge in [0, 0.05) is 6.04 Å². The minimum atomic E-state index is -3.09. The van der Waals surface area contributed by atoms with E-state index in [4.69, 9.17) is 4.74 Å². The maximum atomic E-state index is 12.6. The minimum absolute atomic E-state index is 0.0693. The third-order valence-electron chi connectivity index (χ3n) is 4.17. The minimum Gasteiger partial charge on any atom is -0.495 e. The molecule has 9 heteroatoms. The number of para-hydroxylation sites is 2. The molecule has 0 bridgehead atoms. The lowest BCUT2D eigenvalue weighted by atomic mass is 10.0. The third kappa shape index (κ3) is 5.35. The summed E-state index contributed by atoms with van der Waals surface area (Å²) in [5.74, 6) is -0.0227.